The molecule has 0 spiro atoms. The third kappa shape index (κ3) is 5.23. The first kappa shape index (κ1) is 24.2. The Hall–Kier alpha value is -2.98. The molecule has 1 aliphatic carbocycles. The number of rotatable bonds is 7. The van der Waals surface area contributed by atoms with Crippen LogP contribution in [0.4, 0.5) is 20.2 Å². The van der Waals surface area contributed by atoms with Crippen LogP contribution in [0.25, 0.3) is 11.1 Å². The number of aryl methyl sites for hydroxylation is 2. The second kappa shape index (κ2) is 10.5. The number of nitrogens with one attached hydrogen (secondary N) is 1. The molecular weight excluding hydrogens is 480 g/mol. The van der Waals surface area contributed by atoms with Crippen molar-refractivity contribution >= 4 is 33.8 Å². The molecule has 4 rings (SSSR count). The maximum Gasteiger partial charge on any atom is 0.316 e. The molecule has 0 saturated carbocycles. The van der Waals surface area contributed by atoms with Crippen molar-refractivity contribution < 1.29 is 21.9 Å². The summed E-state index contributed by atoms with van der Waals surface area (Å²) in [5, 5.41) is 0. The first-order valence-corrected chi connectivity index (χ1v) is 12.9. The Morgan fingerprint density at radius 3 is 2.62 bits per heavy atom. The zero-order valence-electron chi connectivity index (χ0n) is 18.7. The van der Waals surface area contributed by atoms with Crippen LogP contribution in [0.15, 0.2) is 40.8 Å². The molecular formula is C24H23F2N3O3S2. The van der Waals surface area contributed by atoms with Crippen molar-refractivity contribution in [2.45, 2.75) is 39.5 Å². The summed E-state index contributed by atoms with van der Waals surface area (Å²) >= 11 is 1.50. The molecule has 0 unspecified atom stereocenters. The Labute approximate surface area is 202 Å². The van der Waals surface area contributed by atoms with Gasteiger partial charge in [-0.3, -0.25) is 4.98 Å². The van der Waals surface area contributed by atoms with Gasteiger partial charge < -0.3 is 9.46 Å². The van der Waals surface area contributed by atoms with Crippen LogP contribution >= 0.6 is 11.9 Å². The first-order valence-electron chi connectivity index (χ1n) is 10.9. The number of anilines is 1. The fourth-order valence-electron chi connectivity index (χ4n) is 4.05. The summed E-state index contributed by atoms with van der Waals surface area (Å²) in [7, 11) is -2.70. The molecule has 1 aliphatic rings. The van der Waals surface area contributed by atoms with Gasteiger partial charge in [0.2, 0.25) is 0 Å². The van der Waals surface area contributed by atoms with Gasteiger partial charge in [-0.05, 0) is 68.5 Å². The van der Waals surface area contributed by atoms with Crippen LogP contribution in [0.5, 0.6) is 11.5 Å². The van der Waals surface area contributed by atoms with Crippen molar-refractivity contribution in [1.29, 1.82) is 0 Å². The quantitative estimate of drug-likeness (QED) is 0.358. The molecule has 6 nitrogen and oxygen atoms in total. The van der Waals surface area contributed by atoms with Crippen molar-refractivity contribution in [3.05, 3.63) is 65.0 Å². The molecule has 2 aromatic carbocycles. The standard InChI is InChI=1S/C24H23F2N3O3S2/c1-3-33-28-16-9-11-21(32-22-10-8-15(25)12-19(22)26)18(13-16)23-17-6-4-5-7-20(17)27-14(2)24(23)29-34(30)31/h8-13,28H,3-7H2,1-2H3. The normalized spacial score (nSPS) is 12.7. The molecule has 0 saturated heterocycles. The molecule has 178 valence electrons. The van der Waals surface area contributed by atoms with E-state index in [1.165, 1.54) is 18.0 Å². The maximum absolute atomic E-state index is 14.4. The molecule has 1 heterocycles. The summed E-state index contributed by atoms with van der Waals surface area (Å²) in [5.41, 5.74) is 4.45. The minimum atomic E-state index is -2.70. The van der Waals surface area contributed by atoms with Crippen LogP contribution in [0, 0.1) is 18.6 Å². The molecule has 1 N–H and O–H groups in total. The van der Waals surface area contributed by atoms with E-state index in [0.29, 0.717) is 29.0 Å². The van der Waals surface area contributed by atoms with E-state index in [9.17, 15) is 17.2 Å². The fourth-order valence-corrected chi connectivity index (χ4v) is 4.86. The van der Waals surface area contributed by atoms with E-state index in [1.807, 2.05) is 13.0 Å². The third-order valence-corrected chi connectivity index (χ3v) is 6.49. The summed E-state index contributed by atoms with van der Waals surface area (Å²) < 4.78 is 64.1. The largest absolute Gasteiger partial charge is 0.454 e. The fraction of sp³-hybridized carbons (Fsp3) is 0.292. The van der Waals surface area contributed by atoms with Crippen molar-refractivity contribution in [3.63, 3.8) is 0 Å². The molecule has 10 heteroatoms. The van der Waals surface area contributed by atoms with Gasteiger partial charge in [0.15, 0.2) is 11.6 Å². The summed E-state index contributed by atoms with van der Waals surface area (Å²) in [6, 6.07) is 8.38. The smallest absolute Gasteiger partial charge is 0.316 e. The molecule has 34 heavy (non-hydrogen) atoms. The highest BCUT2D eigenvalue weighted by molar-refractivity contribution is 8.00. The van der Waals surface area contributed by atoms with Crippen LogP contribution in [-0.2, 0) is 23.3 Å². The lowest BCUT2D eigenvalue weighted by atomic mass is 9.87. The van der Waals surface area contributed by atoms with Gasteiger partial charge in [0, 0.05) is 34.3 Å². The molecule has 3 aromatic rings. The zero-order valence-corrected chi connectivity index (χ0v) is 20.3. The van der Waals surface area contributed by atoms with Crippen molar-refractivity contribution in [2.24, 2.45) is 4.36 Å². The number of benzene rings is 2. The van der Waals surface area contributed by atoms with Crippen LogP contribution in [0.2, 0.25) is 0 Å². The minimum absolute atomic E-state index is 0.142. The molecule has 0 fully saturated rings. The Bertz CT molecular complexity index is 1370. The van der Waals surface area contributed by atoms with Crippen LogP contribution in [0.3, 0.4) is 0 Å². The molecule has 0 aliphatic heterocycles. The zero-order chi connectivity index (χ0) is 24.2. The number of nitrogens with zero attached hydrogens (tertiary/aromatic N) is 2. The van der Waals surface area contributed by atoms with Gasteiger partial charge >= 0.3 is 10.5 Å². The van der Waals surface area contributed by atoms with E-state index in [2.05, 4.69) is 14.1 Å². The lowest BCUT2D eigenvalue weighted by Gasteiger charge is -2.23. The van der Waals surface area contributed by atoms with Gasteiger partial charge in [0.1, 0.15) is 17.3 Å². The maximum atomic E-state index is 14.4. The van der Waals surface area contributed by atoms with E-state index in [0.717, 1.165) is 54.1 Å². The number of halogens is 2. The third-order valence-electron chi connectivity index (χ3n) is 5.49. The molecule has 0 amide bonds. The minimum Gasteiger partial charge on any atom is -0.454 e. The summed E-state index contributed by atoms with van der Waals surface area (Å²) in [6.45, 7) is 3.73. The number of hydrogen-bond acceptors (Lipinski definition) is 7. The van der Waals surface area contributed by atoms with E-state index in [-0.39, 0.29) is 11.4 Å². The highest BCUT2D eigenvalue weighted by Gasteiger charge is 2.25. The average molecular weight is 504 g/mol. The molecule has 0 radical (unpaired) electrons. The lowest BCUT2D eigenvalue weighted by Crippen LogP contribution is -2.09. The number of pyridine rings is 1. The molecule has 0 bridgehead atoms. The van der Waals surface area contributed by atoms with E-state index in [1.54, 1.807) is 19.1 Å². The first-order chi connectivity index (χ1) is 16.4. The number of hydrogen-bond donors (Lipinski definition) is 1. The van der Waals surface area contributed by atoms with Gasteiger partial charge in [0.05, 0.1) is 5.69 Å². The predicted molar refractivity (Wildman–Crippen MR) is 130 cm³/mol. The summed E-state index contributed by atoms with van der Waals surface area (Å²) in [5.74, 6) is -0.568. The highest BCUT2D eigenvalue weighted by Crippen LogP contribution is 2.46. The topological polar surface area (TPSA) is 80.7 Å². The Morgan fingerprint density at radius 1 is 1.12 bits per heavy atom. The Morgan fingerprint density at radius 2 is 1.88 bits per heavy atom. The second-order valence-corrected chi connectivity index (χ2v) is 9.47. The van der Waals surface area contributed by atoms with Gasteiger partial charge in [0.25, 0.3) is 0 Å². The lowest BCUT2D eigenvalue weighted by molar-refractivity contribution is 0.439. The van der Waals surface area contributed by atoms with Crippen molar-refractivity contribution in [2.75, 3.05) is 10.5 Å². The van der Waals surface area contributed by atoms with Gasteiger partial charge in [-0.1, -0.05) is 18.9 Å². The summed E-state index contributed by atoms with van der Waals surface area (Å²) in [4.78, 5) is 4.63. The highest BCUT2D eigenvalue weighted by atomic mass is 32.2. The van der Waals surface area contributed by atoms with E-state index in [4.69, 9.17) is 4.74 Å². The monoisotopic (exact) mass is 503 g/mol. The van der Waals surface area contributed by atoms with E-state index >= 15 is 0 Å². The average Bonchev–Trinajstić information content (AvgIpc) is 2.80. The molecule has 1 aromatic heterocycles. The van der Waals surface area contributed by atoms with Gasteiger partial charge in [-0.25, -0.2) is 8.78 Å². The molecule has 0 atom stereocenters. The Balaban J connectivity index is 1.98. The number of aromatic nitrogens is 1. The Kier molecular flexibility index (Phi) is 7.47. The SMILES string of the molecule is CCSNc1ccc(Oc2ccc(F)cc2F)c(-c2c3c(nc(C)c2N=S(=O)=O)CCCC3)c1. The van der Waals surface area contributed by atoms with E-state index < -0.39 is 22.1 Å². The van der Waals surface area contributed by atoms with Gasteiger partial charge in [-0.15, -0.1) is 4.36 Å². The van der Waals surface area contributed by atoms with Crippen LogP contribution < -0.4 is 9.46 Å². The van der Waals surface area contributed by atoms with Crippen molar-refractivity contribution in [1.82, 2.24) is 4.98 Å². The number of ether oxygens (including phenoxy) is 1. The van der Waals surface area contributed by atoms with Gasteiger partial charge in [-0.2, -0.15) is 8.42 Å². The van der Waals surface area contributed by atoms with Crippen LogP contribution in [-0.4, -0.2) is 19.2 Å². The predicted octanol–water partition coefficient (Wildman–Crippen LogP) is 6.78. The number of fused-ring (bicyclic) bond motifs is 1. The van der Waals surface area contributed by atoms with Crippen LogP contribution in [0.1, 0.15) is 36.7 Å². The summed E-state index contributed by atoms with van der Waals surface area (Å²) in [6.07, 6.45) is 3.40. The second-order valence-electron chi connectivity index (χ2n) is 7.78. The van der Waals surface area contributed by atoms with Crippen molar-refractivity contribution in [3.8, 4) is 22.6 Å².